The summed E-state index contributed by atoms with van der Waals surface area (Å²) in [7, 11) is 0. The molecule has 3 heteroatoms. The minimum atomic E-state index is -0.273. The van der Waals surface area contributed by atoms with Crippen LogP contribution in [-0.2, 0) is 0 Å². The van der Waals surface area contributed by atoms with E-state index < -0.39 is 0 Å². The molecule has 84 valence electrons. The Labute approximate surface area is 98.1 Å². The zero-order valence-corrected chi connectivity index (χ0v) is 9.09. The fourth-order valence-corrected chi connectivity index (χ4v) is 1.96. The minimum Gasteiger partial charge on any atom is -0.423 e. The first-order chi connectivity index (χ1) is 8.34. The fraction of sp³-hybridized carbons (Fsp3) is 0.0714. The molecule has 0 radical (unpaired) electrons. The van der Waals surface area contributed by atoms with E-state index in [0.717, 1.165) is 5.39 Å². The lowest BCUT2D eigenvalue weighted by Gasteiger charge is -2.10. The first kappa shape index (κ1) is 9.90. The molecule has 3 rings (SSSR count). The first-order valence-corrected chi connectivity index (χ1v) is 5.47. The van der Waals surface area contributed by atoms with Gasteiger partial charge in [0.2, 0.25) is 0 Å². The highest BCUT2D eigenvalue weighted by Gasteiger charge is 2.13. The van der Waals surface area contributed by atoms with Gasteiger partial charge in [0.05, 0.1) is 0 Å². The third-order valence-electron chi connectivity index (χ3n) is 2.83. The molecule has 0 unspecified atom stereocenters. The number of para-hydroxylation sites is 1. The van der Waals surface area contributed by atoms with Crippen molar-refractivity contribution in [1.82, 2.24) is 5.32 Å². The standard InChI is InChI=1S/C14H11NO2/c16-14-12(10-5-7-15-8-6-10)9-11-3-1-2-4-13(11)17-14/h1-10,15H. The number of fused-ring (bicyclic) bond motifs is 1. The first-order valence-electron chi connectivity index (χ1n) is 5.47. The summed E-state index contributed by atoms with van der Waals surface area (Å²) in [5.74, 6) is -0.0166. The molecule has 1 aromatic carbocycles. The summed E-state index contributed by atoms with van der Waals surface area (Å²) in [6.45, 7) is 0. The van der Waals surface area contributed by atoms with Crippen molar-refractivity contribution in [2.45, 2.75) is 5.92 Å². The van der Waals surface area contributed by atoms with Crippen molar-refractivity contribution < 1.29 is 4.42 Å². The maximum Gasteiger partial charge on any atom is 0.340 e. The van der Waals surface area contributed by atoms with Gasteiger partial charge in [0.15, 0.2) is 0 Å². The van der Waals surface area contributed by atoms with Crippen molar-refractivity contribution in [1.29, 1.82) is 0 Å². The summed E-state index contributed by atoms with van der Waals surface area (Å²) in [5, 5.41) is 3.89. The second kappa shape index (κ2) is 3.94. The molecular formula is C14H11NO2. The van der Waals surface area contributed by atoms with Crippen LogP contribution in [-0.4, -0.2) is 0 Å². The van der Waals surface area contributed by atoms with Gasteiger partial charge in [-0.3, -0.25) is 0 Å². The van der Waals surface area contributed by atoms with E-state index in [1.807, 2.05) is 48.8 Å². The molecule has 1 N–H and O–H groups in total. The van der Waals surface area contributed by atoms with Crippen LogP contribution in [0.25, 0.3) is 11.0 Å². The van der Waals surface area contributed by atoms with Gasteiger partial charge >= 0.3 is 5.63 Å². The lowest BCUT2D eigenvalue weighted by Crippen LogP contribution is -2.12. The fourth-order valence-electron chi connectivity index (χ4n) is 1.96. The molecule has 0 bridgehead atoms. The summed E-state index contributed by atoms with van der Waals surface area (Å²) < 4.78 is 5.30. The Morgan fingerprint density at radius 1 is 1.12 bits per heavy atom. The number of benzene rings is 1. The van der Waals surface area contributed by atoms with Gasteiger partial charge in [-0.15, -0.1) is 0 Å². The SMILES string of the molecule is O=c1oc2ccccc2cc1C1C=CNC=C1. The van der Waals surface area contributed by atoms with Gasteiger partial charge in [-0.2, -0.15) is 0 Å². The molecule has 0 atom stereocenters. The van der Waals surface area contributed by atoms with Gasteiger partial charge < -0.3 is 9.73 Å². The van der Waals surface area contributed by atoms with E-state index in [0.29, 0.717) is 11.1 Å². The van der Waals surface area contributed by atoms with E-state index in [1.54, 1.807) is 6.07 Å². The van der Waals surface area contributed by atoms with E-state index >= 15 is 0 Å². The van der Waals surface area contributed by atoms with Crippen LogP contribution in [0.1, 0.15) is 11.5 Å². The zero-order valence-electron chi connectivity index (χ0n) is 9.09. The molecule has 0 aliphatic carbocycles. The quantitative estimate of drug-likeness (QED) is 0.758. The van der Waals surface area contributed by atoms with Gasteiger partial charge in [0.25, 0.3) is 0 Å². The molecule has 2 aromatic rings. The van der Waals surface area contributed by atoms with Gasteiger partial charge in [-0.05, 0) is 24.5 Å². The Hall–Kier alpha value is -2.29. The Morgan fingerprint density at radius 2 is 1.88 bits per heavy atom. The van der Waals surface area contributed by atoms with Crippen molar-refractivity contribution >= 4 is 11.0 Å². The molecule has 1 aromatic heterocycles. The molecule has 0 spiro atoms. The van der Waals surface area contributed by atoms with Gasteiger partial charge in [0, 0.05) is 16.9 Å². The largest absolute Gasteiger partial charge is 0.423 e. The Kier molecular flexibility index (Phi) is 2.29. The summed E-state index contributed by atoms with van der Waals surface area (Å²) in [4.78, 5) is 11.9. The lowest BCUT2D eigenvalue weighted by atomic mass is 9.98. The topological polar surface area (TPSA) is 42.2 Å². The maximum absolute atomic E-state index is 11.9. The van der Waals surface area contributed by atoms with Crippen molar-refractivity contribution in [3.63, 3.8) is 0 Å². The van der Waals surface area contributed by atoms with Gasteiger partial charge in [-0.1, -0.05) is 30.4 Å². The average molecular weight is 225 g/mol. The highest BCUT2D eigenvalue weighted by atomic mass is 16.4. The molecule has 0 saturated carbocycles. The molecule has 0 fully saturated rings. The smallest absolute Gasteiger partial charge is 0.340 e. The van der Waals surface area contributed by atoms with Gasteiger partial charge in [-0.25, -0.2) is 4.79 Å². The van der Waals surface area contributed by atoms with Crippen molar-refractivity contribution in [3.05, 3.63) is 70.9 Å². The predicted octanol–water partition coefficient (Wildman–Crippen LogP) is 2.51. The predicted molar refractivity (Wildman–Crippen MR) is 66.6 cm³/mol. The van der Waals surface area contributed by atoms with Crippen molar-refractivity contribution in [3.8, 4) is 0 Å². The Morgan fingerprint density at radius 3 is 2.71 bits per heavy atom. The van der Waals surface area contributed by atoms with E-state index in [-0.39, 0.29) is 11.5 Å². The van der Waals surface area contributed by atoms with Crippen LogP contribution < -0.4 is 10.9 Å². The maximum atomic E-state index is 11.9. The molecular weight excluding hydrogens is 214 g/mol. The number of hydrogen-bond donors (Lipinski definition) is 1. The third kappa shape index (κ3) is 1.76. The monoisotopic (exact) mass is 225 g/mol. The number of nitrogens with one attached hydrogen (secondary N) is 1. The number of dihydropyridines is 1. The third-order valence-corrected chi connectivity index (χ3v) is 2.83. The van der Waals surface area contributed by atoms with E-state index in [4.69, 9.17) is 4.42 Å². The Balaban J connectivity index is 2.19. The van der Waals surface area contributed by atoms with Gasteiger partial charge in [0.1, 0.15) is 5.58 Å². The molecule has 0 saturated heterocycles. The summed E-state index contributed by atoms with van der Waals surface area (Å²) >= 11 is 0. The van der Waals surface area contributed by atoms with Crippen LogP contribution >= 0.6 is 0 Å². The van der Waals surface area contributed by atoms with E-state index in [9.17, 15) is 4.79 Å². The highest BCUT2D eigenvalue weighted by molar-refractivity contribution is 5.77. The second-order valence-electron chi connectivity index (χ2n) is 3.94. The van der Waals surface area contributed by atoms with E-state index in [2.05, 4.69) is 5.32 Å². The summed E-state index contributed by atoms with van der Waals surface area (Å²) in [6.07, 6.45) is 7.50. The average Bonchev–Trinajstić information content (AvgIpc) is 2.39. The van der Waals surface area contributed by atoms with E-state index in [1.165, 1.54) is 0 Å². The number of rotatable bonds is 1. The summed E-state index contributed by atoms with van der Waals surface area (Å²) in [6, 6.07) is 9.42. The molecule has 1 aliphatic heterocycles. The minimum absolute atomic E-state index is 0.0166. The lowest BCUT2D eigenvalue weighted by molar-refractivity contribution is 0.550. The Bertz CT molecular complexity index is 655. The number of hydrogen-bond acceptors (Lipinski definition) is 3. The summed E-state index contributed by atoms with van der Waals surface area (Å²) in [5.41, 5.74) is 1.02. The van der Waals surface area contributed by atoms with Crippen LogP contribution in [0.3, 0.4) is 0 Å². The van der Waals surface area contributed by atoms with Crippen LogP contribution in [0.15, 0.2) is 64.1 Å². The molecule has 3 nitrogen and oxygen atoms in total. The second-order valence-corrected chi connectivity index (χ2v) is 3.94. The highest BCUT2D eigenvalue weighted by Crippen LogP contribution is 2.21. The van der Waals surface area contributed by atoms with Crippen LogP contribution in [0.4, 0.5) is 0 Å². The molecule has 1 aliphatic rings. The molecule has 17 heavy (non-hydrogen) atoms. The van der Waals surface area contributed by atoms with Crippen molar-refractivity contribution in [2.75, 3.05) is 0 Å². The normalized spacial score (nSPS) is 15.1. The van der Waals surface area contributed by atoms with Crippen LogP contribution in [0.2, 0.25) is 0 Å². The molecule has 2 heterocycles. The van der Waals surface area contributed by atoms with Crippen molar-refractivity contribution in [2.24, 2.45) is 0 Å². The van der Waals surface area contributed by atoms with Crippen LogP contribution in [0.5, 0.6) is 0 Å². The number of allylic oxidation sites excluding steroid dienone is 2. The van der Waals surface area contributed by atoms with Crippen LogP contribution in [0, 0.1) is 0 Å². The molecule has 0 amide bonds. The zero-order chi connectivity index (χ0) is 11.7.